The molecule has 0 bridgehead atoms. The summed E-state index contributed by atoms with van der Waals surface area (Å²) in [7, 11) is 2.15. The predicted molar refractivity (Wildman–Crippen MR) is 77.5 cm³/mol. The summed E-state index contributed by atoms with van der Waals surface area (Å²) in [5.74, 6) is 1.06. The van der Waals surface area contributed by atoms with Crippen LogP contribution in [0.3, 0.4) is 0 Å². The van der Waals surface area contributed by atoms with Crippen molar-refractivity contribution in [3.63, 3.8) is 0 Å². The van der Waals surface area contributed by atoms with E-state index in [0.29, 0.717) is 24.2 Å². The van der Waals surface area contributed by atoms with Crippen LogP contribution in [-0.4, -0.2) is 34.7 Å². The number of hydrogen-bond acceptors (Lipinski definition) is 4. The quantitative estimate of drug-likeness (QED) is 0.868. The molecule has 1 unspecified atom stereocenters. The minimum atomic E-state index is -0.236. The monoisotopic (exact) mass is 289 g/mol. The first-order chi connectivity index (χ1) is 10.2. The number of piperidine rings is 1. The lowest BCUT2D eigenvalue weighted by atomic mass is 10.0. The highest BCUT2D eigenvalue weighted by molar-refractivity contribution is 5.19. The summed E-state index contributed by atoms with van der Waals surface area (Å²) in [5.41, 5.74) is 0.858. The molecule has 0 saturated carbocycles. The molecule has 1 aromatic heterocycles. The number of halogens is 1. The zero-order chi connectivity index (χ0) is 14.7. The molecule has 1 aliphatic rings. The van der Waals surface area contributed by atoms with Crippen LogP contribution in [0.4, 0.5) is 4.39 Å². The Hall–Kier alpha value is -1.75. The van der Waals surface area contributed by atoms with Crippen LogP contribution in [0.15, 0.2) is 28.8 Å². The van der Waals surface area contributed by atoms with Crippen LogP contribution >= 0.6 is 0 Å². The molecular weight excluding hydrogens is 269 g/mol. The first kappa shape index (κ1) is 14.2. The van der Waals surface area contributed by atoms with Crippen LogP contribution < -0.4 is 0 Å². The van der Waals surface area contributed by atoms with E-state index in [2.05, 4.69) is 22.1 Å². The average Bonchev–Trinajstić information content (AvgIpc) is 2.89. The summed E-state index contributed by atoms with van der Waals surface area (Å²) in [5, 5.41) is 4.00. The number of hydrogen-bond donors (Lipinski definition) is 0. The van der Waals surface area contributed by atoms with Crippen molar-refractivity contribution in [1.82, 2.24) is 15.0 Å². The first-order valence-corrected chi connectivity index (χ1v) is 7.47. The van der Waals surface area contributed by atoms with Crippen LogP contribution in [0.2, 0.25) is 0 Å². The van der Waals surface area contributed by atoms with E-state index in [1.807, 2.05) is 6.07 Å². The SMILES string of the molecule is CN1CCCCC1Cc1nc(Cc2cccc(F)c2)no1. The second kappa shape index (κ2) is 6.35. The number of rotatable bonds is 4. The number of nitrogens with zero attached hydrogens (tertiary/aromatic N) is 3. The van der Waals surface area contributed by atoms with E-state index >= 15 is 0 Å². The number of likely N-dealkylation sites (tertiary alicyclic amines) is 1. The summed E-state index contributed by atoms with van der Waals surface area (Å²) in [6.45, 7) is 1.13. The minimum absolute atomic E-state index is 0.236. The van der Waals surface area contributed by atoms with Crippen molar-refractivity contribution in [1.29, 1.82) is 0 Å². The molecule has 1 atom stereocenters. The molecule has 1 aliphatic heterocycles. The molecule has 0 radical (unpaired) electrons. The zero-order valence-electron chi connectivity index (χ0n) is 12.3. The van der Waals surface area contributed by atoms with Crippen LogP contribution in [-0.2, 0) is 12.8 Å². The van der Waals surface area contributed by atoms with E-state index in [-0.39, 0.29) is 5.82 Å². The van der Waals surface area contributed by atoms with Gasteiger partial charge in [-0.2, -0.15) is 4.98 Å². The van der Waals surface area contributed by atoms with Gasteiger partial charge in [0.2, 0.25) is 5.89 Å². The molecule has 0 N–H and O–H groups in total. The lowest BCUT2D eigenvalue weighted by Crippen LogP contribution is -2.37. The smallest absolute Gasteiger partial charge is 0.228 e. The number of benzene rings is 1. The van der Waals surface area contributed by atoms with Gasteiger partial charge >= 0.3 is 0 Å². The van der Waals surface area contributed by atoms with E-state index in [0.717, 1.165) is 18.5 Å². The van der Waals surface area contributed by atoms with Gasteiger partial charge in [-0.25, -0.2) is 4.39 Å². The summed E-state index contributed by atoms with van der Waals surface area (Å²) < 4.78 is 18.5. The molecule has 0 spiro atoms. The molecule has 2 aromatic rings. The van der Waals surface area contributed by atoms with E-state index in [1.165, 1.54) is 31.4 Å². The van der Waals surface area contributed by atoms with Crippen molar-refractivity contribution in [3.05, 3.63) is 47.4 Å². The second-order valence-corrected chi connectivity index (χ2v) is 5.75. The van der Waals surface area contributed by atoms with E-state index in [9.17, 15) is 4.39 Å². The Balaban J connectivity index is 1.63. The summed E-state index contributed by atoms with van der Waals surface area (Å²) >= 11 is 0. The summed E-state index contributed by atoms with van der Waals surface area (Å²) in [6, 6.07) is 6.99. The average molecular weight is 289 g/mol. The van der Waals surface area contributed by atoms with Gasteiger partial charge in [0.05, 0.1) is 0 Å². The number of likely N-dealkylation sites (N-methyl/N-ethyl adjacent to an activating group) is 1. The molecule has 1 fully saturated rings. The van der Waals surface area contributed by atoms with Gasteiger partial charge in [0.25, 0.3) is 0 Å². The Bertz CT molecular complexity index is 599. The van der Waals surface area contributed by atoms with Crippen molar-refractivity contribution in [3.8, 4) is 0 Å². The molecule has 1 saturated heterocycles. The lowest BCUT2D eigenvalue weighted by molar-refractivity contribution is 0.173. The van der Waals surface area contributed by atoms with Gasteiger partial charge in [0.15, 0.2) is 5.82 Å². The Morgan fingerprint density at radius 2 is 2.29 bits per heavy atom. The van der Waals surface area contributed by atoms with Crippen molar-refractivity contribution < 1.29 is 8.91 Å². The molecule has 21 heavy (non-hydrogen) atoms. The summed E-state index contributed by atoms with van der Waals surface area (Å²) in [6.07, 6.45) is 5.01. The van der Waals surface area contributed by atoms with Crippen LogP contribution in [0.25, 0.3) is 0 Å². The molecular formula is C16H20FN3O. The second-order valence-electron chi connectivity index (χ2n) is 5.75. The third kappa shape index (κ3) is 3.67. The molecule has 0 aliphatic carbocycles. The van der Waals surface area contributed by atoms with Gasteiger partial charge in [0.1, 0.15) is 5.82 Å². The highest BCUT2D eigenvalue weighted by atomic mass is 19.1. The maximum absolute atomic E-state index is 13.2. The summed E-state index contributed by atoms with van der Waals surface area (Å²) in [4.78, 5) is 6.80. The zero-order valence-corrected chi connectivity index (χ0v) is 12.3. The normalized spacial score (nSPS) is 19.8. The molecule has 2 heterocycles. The Labute approximate surface area is 124 Å². The molecule has 0 amide bonds. The van der Waals surface area contributed by atoms with E-state index < -0.39 is 0 Å². The van der Waals surface area contributed by atoms with Crippen molar-refractivity contribution >= 4 is 0 Å². The van der Waals surface area contributed by atoms with E-state index in [4.69, 9.17) is 4.52 Å². The topological polar surface area (TPSA) is 42.2 Å². The lowest BCUT2D eigenvalue weighted by Gasteiger charge is -2.31. The molecule has 4 nitrogen and oxygen atoms in total. The van der Waals surface area contributed by atoms with Gasteiger partial charge in [0, 0.05) is 18.9 Å². The van der Waals surface area contributed by atoms with Crippen LogP contribution in [0.1, 0.15) is 36.5 Å². The fourth-order valence-electron chi connectivity index (χ4n) is 2.88. The third-order valence-corrected chi connectivity index (χ3v) is 4.09. The molecule has 5 heteroatoms. The Morgan fingerprint density at radius 3 is 3.10 bits per heavy atom. The first-order valence-electron chi connectivity index (χ1n) is 7.47. The molecule has 3 rings (SSSR count). The minimum Gasteiger partial charge on any atom is -0.339 e. The van der Waals surface area contributed by atoms with Gasteiger partial charge in [-0.1, -0.05) is 23.7 Å². The fourth-order valence-corrected chi connectivity index (χ4v) is 2.88. The van der Waals surface area contributed by atoms with Crippen LogP contribution in [0, 0.1) is 5.82 Å². The largest absolute Gasteiger partial charge is 0.339 e. The fraction of sp³-hybridized carbons (Fsp3) is 0.500. The molecule has 112 valence electrons. The van der Waals surface area contributed by atoms with Crippen molar-refractivity contribution in [2.45, 2.75) is 38.1 Å². The van der Waals surface area contributed by atoms with Gasteiger partial charge in [-0.05, 0) is 44.1 Å². The Kier molecular flexibility index (Phi) is 4.29. The van der Waals surface area contributed by atoms with Gasteiger partial charge in [-0.15, -0.1) is 0 Å². The third-order valence-electron chi connectivity index (χ3n) is 4.09. The molecule has 1 aromatic carbocycles. The standard InChI is InChI=1S/C16H20FN3O/c1-20-8-3-2-7-14(20)11-16-18-15(19-21-16)10-12-5-4-6-13(17)9-12/h4-6,9,14H,2-3,7-8,10-11H2,1H3. The number of aromatic nitrogens is 2. The van der Waals surface area contributed by atoms with Gasteiger partial charge in [-0.3, -0.25) is 0 Å². The highest BCUT2D eigenvalue weighted by Crippen LogP contribution is 2.18. The maximum Gasteiger partial charge on any atom is 0.228 e. The van der Waals surface area contributed by atoms with E-state index in [1.54, 1.807) is 6.07 Å². The maximum atomic E-state index is 13.2. The van der Waals surface area contributed by atoms with Crippen molar-refractivity contribution in [2.24, 2.45) is 0 Å². The van der Waals surface area contributed by atoms with Crippen molar-refractivity contribution in [2.75, 3.05) is 13.6 Å². The van der Waals surface area contributed by atoms with Gasteiger partial charge < -0.3 is 9.42 Å². The van der Waals surface area contributed by atoms with Crippen LogP contribution in [0.5, 0.6) is 0 Å². The Morgan fingerprint density at radius 1 is 1.38 bits per heavy atom. The predicted octanol–water partition coefficient (Wildman–Crippen LogP) is 2.83. The highest BCUT2D eigenvalue weighted by Gasteiger charge is 2.21.